The second-order valence-corrected chi connectivity index (χ2v) is 5.44. The van der Waals surface area contributed by atoms with Crippen LogP contribution in [0, 0.1) is 20.8 Å². The van der Waals surface area contributed by atoms with Gasteiger partial charge in [-0.2, -0.15) is 5.10 Å². The molecule has 118 valence electrons. The van der Waals surface area contributed by atoms with E-state index in [1.807, 2.05) is 6.92 Å². The van der Waals surface area contributed by atoms with Gasteiger partial charge in [0.15, 0.2) is 0 Å². The fraction of sp³-hybridized carbons (Fsp3) is 0.400. The lowest BCUT2D eigenvalue weighted by molar-refractivity contribution is -0.137. The van der Waals surface area contributed by atoms with Gasteiger partial charge in [0, 0.05) is 29.9 Å². The molecule has 0 amide bonds. The minimum absolute atomic E-state index is 0.0622. The zero-order valence-electron chi connectivity index (χ0n) is 13.0. The number of aryl methyl sites for hydroxylation is 3. The number of carboxylic acid groups (broad SMARTS) is 1. The van der Waals surface area contributed by atoms with Gasteiger partial charge in [0.05, 0.1) is 17.7 Å². The molecule has 0 unspecified atom stereocenters. The molecule has 0 aliphatic rings. The molecule has 7 heteroatoms. The van der Waals surface area contributed by atoms with Crippen LogP contribution >= 0.6 is 0 Å². The van der Waals surface area contributed by atoms with Crippen molar-refractivity contribution < 1.29 is 15.0 Å². The Morgan fingerprint density at radius 2 is 2.00 bits per heavy atom. The number of hydrogen-bond acceptors (Lipinski definition) is 4. The summed E-state index contributed by atoms with van der Waals surface area (Å²) in [5.41, 5.74) is 2.17. The first-order chi connectivity index (χ1) is 10.2. The van der Waals surface area contributed by atoms with Crippen LogP contribution in [0.2, 0.25) is 0 Å². The van der Waals surface area contributed by atoms with Crippen molar-refractivity contribution in [3.8, 4) is 5.75 Å². The average molecular weight is 305 g/mol. The molecule has 0 aliphatic carbocycles. The molecule has 0 radical (unpaired) electrons. The lowest BCUT2D eigenvalue weighted by Gasteiger charge is -2.17. The smallest absolute Gasteiger partial charge is 0.304 e. The summed E-state index contributed by atoms with van der Waals surface area (Å²) in [5.74, 6) is -2.00. The first-order valence-electron chi connectivity index (χ1n) is 6.87. The standard InChI is InChI=1S/C15H19N3O4/c1-7-5-11(19)14(15(22)16-7)10(6-12(20)21)13-8(2)17-18(4)9(13)3/h5,10H,6H2,1-4H3,(H,20,21)(H2,16,19,22)/t10-/m0/s1. The van der Waals surface area contributed by atoms with Crippen LogP contribution in [0.1, 0.15) is 40.5 Å². The van der Waals surface area contributed by atoms with Gasteiger partial charge < -0.3 is 15.2 Å². The molecule has 3 N–H and O–H groups in total. The van der Waals surface area contributed by atoms with Crippen LogP contribution in [0.15, 0.2) is 10.9 Å². The largest absolute Gasteiger partial charge is 0.507 e. The summed E-state index contributed by atoms with van der Waals surface area (Å²) < 4.78 is 1.64. The van der Waals surface area contributed by atoms with Gasteiger partial charge in [0.25, 0.3) is 5.56 Å². The summed E-state index contributed by atoms with van der Waals surface area (Å²) in [5, 5.41) is 23.6. The van der Waals surface area contributed by atoms with Gasteiger partial charge in [-0.3, -0.25) is 14.3 Å². The maximum atomic E-state index is 12.3. The Morgan fingerprint density at radius 3 is 2.45 bits per heavy atom. The summed E-state index contributed by atoms with van der Waals surface area (Å²) in [4.78, 5) is 26.1. The van der Waals surface area contributed by atoms with Crippen molar-refractivity contribution in [3.63, 3.8) is 0 Å². The van der Waals surface area contributed by atoms with Crippen LogP contribution in [0.5, 0.6) is 5.75 Å². The summed E-state index contributed by atoms with van der Waals surface area (Å²) in [6, 6.07) is 1.42. The molecule has 0 fully saturated rings. The van der Waals surface area contributed by atoms with E-state index in [0.29, 0.717) is 17.0 Å². The third-order valence-electron chi connectivity index (χ3n) is 3.83. The molecule has 2 heterocycles. The van der Waals surface area contributed by atoms with Crippen LogP contribution in [0.3, 0.4) is 0 Å². The monoisotopic (exact) mass is 305 g/mol. The Bertz CT molecular complexity index is 789. The summed E-state index contributed by atoms with van der Waals surface area (Å²) in [6.45, 7) is 5.22. The molecule has 0 bridgehead atoms. The van der Waals surface area contributed by atoms with Gasteiger partial charge in [-0.1, -0.05) is 0 Å². The number of hydrogen-bond donors (Lipinski definition) is 3. The molecule has 7 nitrogen and oxygen atoms in total. The van der Waals surface area contributed by atoms with E-state index < -0.39 is 17.4 Å². The third kappa shape index (κ3) is 2.74. The molecule has 2 rings (SSSR count). The van der Waals surface area contributed by atoms with Gasteiger partial charge in [-0.25, -0.2) is 0 Å². The average Bonchev–Trinajstić information content (AvgIpc) is 2.60. The number of rotatable bonds is 4. The zero-order valence-corrected chi connectivity index (χ0v) is 13.0. The van der Waals surface area contributed by atoms with E-state index in [-0.39, 0.29) is 17.7 Å². The number of aromatic hydroxyl groups is 1. The van der Waals surface area contributed by atoms with Crippen LogP contribution in [-0.4, -0.2) is 30.9 Å². The van der Waals surface area contributed by atoms with Gasteiger partial charge in [-0.05, 0) is 26.8 Å². The number of carboxylic acids is 1. The molecule has 1 atom stereocenters. The summed E-state index contributed by atoms with van der Waals surface area (Å²) in [6.07, 6.45) is -0.299. The molecule has 22 heavy (non-hydrogen) atoms. The second kappa shape index (κ2) is 5.67. The van der Waals surface area contributed by atoms with Crippen molar-refractivity contribution in [1.29, 1.82) is 0 Å². The van der Waals surface area contributed by atoms with Gasteiger partial charge >= 0.3 is 5.97 Å². The Balaban J connectivity index is 2.72. The van der Waals surface area contributed by atoms with E-state index in [1.165, 1.54) is 6.07 Å². The Morgan fingerprint density at radius 1 is 1.36 bits per heavy atom. The molecule has 0 saturated heterocycles. The third-order valence-corrected chi connectivity index (χ3v) is 3.83. The first kappa shape index (κ1) is 15.8. The van der Waals surface area contributed by atoms with E-state index >= 15 is 0 Å². The fourth-order valence-corrected chi connectivity index (χ4v) is 2.84. The van der Waals surface area contributed by atoms with Crippen molar-refractivity contribution in [1.82, 2.24) is 14.8 Å². The normalized spacial score (nSPS) is 12.4. The predicted molar refractivity (Wildman–Crippen MR) is 80.2 cm³/mol. The van der Waals surface area contributed by atoms with Crippen LogP contribution < -0.4 is 5.56 Å². The first-order valence-corrected chi connectivity index (χ1v) is 6.87. The number of nitrogens with zero attached hydrogens (tertiary/aromatic N) is 2. The van der Waals surface area contributed by atoms with Gasteiger partial charge in [-0.15, -0.1) is 0 Å². The molecule has 0 aromatic carbocycles. The highest BCUT2D eigenvalue weighted by molar-refractivity contribution is 5.69. The van der Waals surface area contributed by atoms with Gasteiger partial charge in [0.2, 0.25) is 0 Å². The highest BCUT2D eigenvalue weighted by Gasteiger charge is 2.29. The van der Waals surface area contributed by atoms with E-state index in [1.54, 1.807) is 25.6 Å². The van der Waals surface area contributed by atoms with E-state index in [9.17, 15) is 19.8 Å². The molecular weight excluding hydrogens is 286 g/mol. The van der Waals surface area contributed by atoms with Crippen LogP contribution in [-0.2, 0) is 11.8 Å². The molecule has 0 aliphatic heterocycles. The molecule has 0 spiro atoms. The number of aromatic nitrogens is 3. The van der Waals surface area contributed by atoms with E-state index in [0.717, 1.165) is 5.69 Å². The second-order valence-electron chi connectivity index (χ2n) is 5.44. The number of carbonyl (C=O) groups is 1. The van der Waals surface area contributed by atoms with Crippen LogP contribution in [0.4, 0.5) is 0 Å². The van der Waals surface area contributed by atoms with Crippen LogP contribution in [0.25, 0.3) is 0 Å². The molecule has 0 saturated carbocycles. The molecule has 2 aromatic rings. The quantitative estimate of drug-likeness (QED) is 0.790. The number of H-pyrrole nitrogens is 1. The highest BCUT2D eigenvalue weighted by atomic mass is 16.4. The van der Waals surface area contributed by atoms with Crippen molar-refractivity contribution in [2.24, 2.45) is 7.05 Å². The minimum atomic E-state index is -1.05. The zero-order chi connectivity index (χ0) is 16.6. The summed E-state index contributed by atoms with van der Waals surface area (Å²) in [7, 11) is 1.75. The lowest BCUT2D eigenvalue weighted by Crippen LogP contribution is -2.21. The number of aliphatic carboxylic acids is 1. The van der Waals surface area contributed by atoms with Crippen molar-refractivity contribution >= 4 is 5.97 Å². The maximum Gasteiger partial charge on any atom is 0.304 e. The van der Waals surface area contributed by atoms with Crippen molar-refractivity contribution in [2.45, 2.75) is 33.1 Å². The topological polar surface area (TPSA) is 108 Å². The summed E-state index contributed by atoms with van der Waals surface area (Å²) >= 11 is 0. The highest BCUT2D eigenvalue weighted by Crippen LogP contribution is 2.34. The number of nitrogens with one attached hydrogen (secondary N) is 1. The SMILES string of the molecule is Cc1cc(O)c([C@@H](CC(=O)O)c2c(C)nn(C)c2C)c(=O)[nH]1. The Hall–Kier alpha value is -2.57. The fourth-order valence-electron chi connectivity index (χ4n) is 2.84. The minimum Gasteiger partial charge on any atom is -0.507 e. The maximum absolute atomic E-state index is 12.3. The molecular formula is C15H19N3O4. The Kier molecular flexibility index (Phi) is 4.07. The van der Waals surface area contributed by atoms with Gasteiger partial charge in [0.1, 0.15) is 5.75 Å². The van der Waals surface area contributed by atoms with Crippen molar-refractivity contribution in [3.05, 3.63) is 44.6 Å². The van der Waals surface area contributed by atoms with E-state index in [2.05, 4.69) is 10.1 Å². The van der Waals surface area contributed by atoms with E-state index in [4.69, 9.17) is 0 Å². The lowest BCUT2D eigenvalue weighted by atomic mass is 9.87. The molecule has 2 aromatic heterocycles. The van der Waals surface area contributed by atoms with Crippen molar-refractivity contribution in [2.75, 3.05) is 0 Å². The number of aromatic amines is 1. The Labute approximate surface area is 127 Å². The predicted octanol–water partition coefficient (Wildman–Crippen LogP) is 1.35. The number of pyridine rings is 1.